The first-order chi connectivity index (χ1) is 17.9. The van der Waals surface area contributed by atoms with Gasteiger partial charge in [0.1, 0.15) is 5.84 Å². The van der Waals surface area contributed by atoms with Gasteiger partial charge in [0.25, 0.3) is 0 Å². The molecule has 1 spiro atoms. The maximum absolute atomic E-state index is 13.0. The number of nitrogens with zero attached hydrogens (tertiary/aromatic N) is 6. The molecule has 3 saturated heterocycles. The van der Waals surface area contributed by atoms with E-state index < -0.39 is 0 Å². The monoisotopic (exact) mass is 504 g/mol. The minimum atomic E-state index is -0.252. The highest BCUT2D eigenvalue weighted by atomic mass is 16.3. The summed E-state index contributed by atoms with van der Waals surface area (Å²) in [6.45, 7) is 7.11. The zero-order chi connectivity index (χ0) is 25.6. The molecule has 0 bridgehead atoms. The Hall–Kier alpha value is -2.79. The zero-order valence-corrected chi connectivity index (χ0v) is 22.1. The quantitative estimate of drug-likeness (QED) is 0.660. The van der Waals surface area contributed by atoms with E-state index in [-0.39, 0.29) is 12.1 Å². The van der Waals surface area contributed by atoms with E-state index in [1.165, 1.54) is 31.5 Å². The Morgan fingerprint density at radius 2 is 1.73 bits per heavy atom. The van der Waals surface area contributed by atoms with Crippen LogP contribution in [-0.2, 0) is 0 Å². The summed E-state index contributed by atoms with van der Waals surface area (Å²) in [5, 5.41) is 26.6. The number of hydrogen-bond acceptors (Lipinski definition) is 6. The van der Waals surface area contributed by atoms with Crippen LogP contribution in [-0.4, -0.2) is 83.1 Å². The van der Waals surface area contributed by atoms with Crippen LogP contribution in [0.5, 0.6) is 0 Å². The van der Waals surface area contributed by atoms with Crippen LogP contribution in [0.1, 0.15) is 68.9 Å². The fraction of sp³-hybridized carbons (Fsp3) is 0.690. The van der Waals surface area contributed by atoms with E-state index in [4.69, 9.17) is 5.10 Å². The number of carbonyl (C=O) groups is 1. The molecule has 0 radical (unpaired) electrons. The Balaban J connectivity index is 1.09. The minimum absolute atomic E-state index is 0.158. The highest BCUT2D eigenvalue weighted by Gasteiger charge is 2.49. The lowest BCUT2D eigenvalue weighted by molar-refractivity contribution is -0.00435. The fourth-order valence-corrected chi connectivity index (χ4v) is 7.27. The van der Waals surface area contributed by atoms with E-state index in [1.807, 2.05) is 22.8 Å². The van der Waals surface area contributed by atoms with Gasteiger partial charge in [0, 0.05) is 51.1 Å². The number of nitriles is 1. The highest BCUT2D eigenvalue weighted by molar-refractivity contribution is 5.88. The molecule has 1 aromatic carbocycles. The molecule has 4 fully saturated rings. The van der Waals surface area contributed by atoms with Gasteiger partial charge < -0.3 is 19.8 Å². The van der Waals surface area contributed by atoms with Crippen LogP contribution in [0, 0.1) is 29.6 Å². The van der Waals surface area contributed by atoms with Gasteiger partial charge in [0.05, 0.1) is 29.5 Å². The molecule has 4 aliphatic heterocycles. The van der Waals surface area contributed by atoms with Crippen molar-refractivity contribution >= 4 is 17.6 Å². The molecule has 1 aromatic rings. The van der Waals surface area contributed by atoms with Gasteiger partial charge in [-0.05, 0) is 75.1 Å². The second-order valence-electron chi connectivity index (χ2n) is 12.1. The van der Waals surface area contributed by atoms with Gasteiger partial charge in [0.2, 0.25) is 0 Å². The van der Waals surface area contributed by atoms with Gasteiger partial charge in [-0.1, -0.05) is 12.8 Å². The Bertz CT molecular complexity index is 1080. The number of urea groups is 1. The van der Waals surface area contributed by atoms with Gasteiger partial charge in [-0.3, -0.25) is 5.01 Å². The summed E-state index contributed by atoms with van der Waals surface area (Å²) < 4.78 is 0. The van der Waals surface area contributed by atoms with Crippen LogP contribution in [0.25, 0.3) is 0 Å². The summed E-state index contributed by atoms with van der Waals surface area (Å²) in [4.78, 5) is 19.4. The second-order valence-corrected chi connectivity index (χ2v) is 12.1. The first-order valence-electron chi connectivity index (χ1n) is 14.3. The number of carbonyl (C=O) groups excluding carboxylic acids is 1. The summed E-state index contributed by atoms with van der Waals surface area (Å²) in [5.41, 5.74) is 3.16. The van der Waals surface area contributed by atoms with E-state index in [0.29, 0.717) is 43.3 Å². The molecule has 0 aromatic heterocycles. The maximum Gasteiger partial charge on any atom is 0.320 e. The molecular weight excluding hydrogens is 464 g/mol. The topological polar surface area (TPSA) is 86.4 Å². The number of likely N-dealkylation sites (tertiary alicyclic amines) is 3. The van der Waals surface area contributed by atoms with Crippen LogP contribution in [0.15, 0.2) is 23.3 Å². The largest absolute Gasteiger partial charge is 0.393 e. The molecule has 5 aliphatic rings. The number of benzene rings is 1. The molecule has 2 amide bonds. The molecule has 1 atom stereocenters. The number of amides is 2. The number of aliphatic hydroxyl groups excluding tert-OH is 1. The first kappa shape index (κ1) is 24.5. The third-order valence-electron chi connectivity index (χ3n) is 9.72. The summed E-state index contributed by atoms with van der Waals surface area (Å²) in [6.07, 6.45) is 9.46. The van der Waals surface area contributed by atoms with Crippen LogP contribution in [0.4, 0.5) is 10.5 Å². The van der Waals surface area contributed by atoms with E-state index >= 15 is 0 Å². The predicted octanol–water partition coefficient (Wildman–Crippen LogP) is 3.92. The lowest BCUT2D eigenvalue weighted by atomic mass is 9.71. The van der Waals surface area contributed by atoms with Crippen molar-refractivity contribution in [2.75, 3.05) is 44.3 Å². The third-order valence-corrected chi connectivity index (χ3v) is 9.72. The molecule has 1 saturated carbocycles. The molecule has 198 valence electrons. The van der Waals surface area contributed by atoms with Crippen LogP contribution in [0.3, 0.4) is 0 Å². The molecule has 8 nitrogen and oxygen atoms in total. The molecule has 6 rings (SSSR count). The number of aryl methyl sites for hydroxylation is 1. The van der Waals surface area contributed by atoms with Gasteiger partial charge in [-0.15, -0.1) is 0 Å². The summed E-state index contributed by atoms with van der Waals surface area (Å²) in [5.74, 6) is 1.90. The average molecular weight is 505 g/mol. The Morgan fingerprint density at radius 3 is 2.38 bits per heavy atom. The van der Waals surface area contributed by atoms with E-state index in [0.717, 1.165) is 62.3 Å². The smallest absolute Gasteiger partial charge is 0.320 e. The zero-order valence-electron chi connectivity index (χ0n) is 22.1. The predicted molar refractivity (Wildman–Crippen MR) is 143 cm³/mol. The molecule has 37 heavy (non-hydrogen) atoms. The molecule has 1 aliphatic carbocycles. The van der Waals surface area contributed by atoms with Crippen molar-refractivity contribution in [1.82, 2.24) is 14.7 Å². The molecule has 4 heterocycles. The van der Waals surface area contributed by atoms with Gasteiger partial charge in [0.15, 0.2) is 0 Å². The first-order valence-corrected chi connectivity index (χ1v) is 14.3. The van der Waals surface area contributed by atoms with Crippen LogP contribution < -0.4 is 5.01 Å². The molecule has 0 unspecified atom stereocenters. The Kier molecular flexibility index (Phi) is 6.52. The van der Waals surface area contributed by atoms with Crippen molar-refractivity contribution in [2.45, 2.75) is 76.9 Å². The molecule has 1 N–H and O–H groups in total. The van der Waals surface area contributed by atoms with E-state index in [9.17, 15) is 15.2 Å². The van der Waals surface area contributed by atoms with Crippen LogP contribution in [0.2, 0.25) is 0 Å². The maximum atomic E-state index is 13.0. The van der Waals surface area contributed by atoms with Crippen LogP contribution >= 0.6 is 0 Å². The Labute approximate surface area is 220 Å². The molecule has 8 heteroatoms. The number of hydrazone groups is 1. The number of aliphatic hydroxyl groups is 1. The average Bonchev–Trinajstić information content (AvgIpc) is 3.58. The number of amidine groups is 1. The van der Waals surface area contributed by atoms with Crippen molar-refractivity contribution in [2.24, 2.45) is 16.4 Å². The number of anilines is 1. The highest BCUT2D eigenvalue weighted by Crippen LogP contribution is 2.44. The standard InChI is InChI=1S/C29H40N6O2/c1-21-16-24(7-6-23(21)18-30)35-26(22-4-2-3-5-22)17-27(31-35)34-19-29(20-34)10-14-33(15-11-29)28(37)32-12-8-25(36)9-13-32/h6-7,16,22,25-26,36H,2-5,8-15,17,19-20H2,1H3/t26-/m1/s1. The number of hydrogen-bond donors (Lipinski definition) is 1. The van der Waals surface area contributed by atoms with Gasteiger partial charge in [-0.25, -0.2) is 4.79 Å². The van der Waals surface area contributed by atoms with Crippen molar-refractivity contribution in [1.29, 1.82) is 5.26 Å². The molecular formula is C29H40N6O2. The lowest BCUT2D eigenvalue weighted by Gasteiger charge is -2.55. The Morgan fingerprint density at radius 1 is 1.05 bits per heavy atom. The van der Waals surface area contributed by atoms with Gasteiger partial charge in [-0.2, -0.15) is 10.4 Å². The second kappa shape index (κ2) is 9.83. The normalized spacial score (nSPS) is 26.4. The van der Waals surface area contributed by atoms with Crippen molar-refractivity contribution in [3.8, 4) is 6.07 Å². The summed E-state index contributed by atoms with van der Waals surface area (Å²) in [7, 11) is 0. The van der Waals surface area contributed by atoms with Crippen molar-refractivity contribution in [3.05, 3.63) is 29.3 Å². The van der Waals surface area contributed by atoms with Crippen molar-refractivity contribution in [3.63, 3.8) is 0 Å². The third kappa shape index (κ3) is 4.67. The lowest BCUT2D eigenvalue weighted by Crippen LogP contribution is -2.63. The van der Waals surface area contributed by atoms with E-state index in [1.54, 1.807) is 0 Å². The van der Waals surface area contributed by atoms with Crippen molar-refractivity contribution < 1.29 is 9.90 Å². The van der Waals surface area contributed by atoms with Gasteiger partial charge >= 0.3 is 6.03 Å². The summed E-state index contributed by atoms with van der Waals surface area (Å²) in [6, 6.07) is 8.97. The number of piperidine rings is 2. The minimum Gasteiger partial charge on any atom is -0.393 e. The number of rotatable bonds is 2. The SMILES string of the molecule is Cc1cc(N2N=C(N3CC4(CCN(C(=O)N5CCC(O)CC5)CC4)C3)C[C@@H]2C2CCCC2)ccc1C#N. The fourth-order valence-electron chi connectivity index (χ4n) is 7.27. The summed E-state index contributed by atoms with van der Waals surface area (Å²) >= 11 is 0. The van der Waals surface area contributed by atoms with E-state index in [2.05, 4.69) is 28.1 Å².